The largest absolute Gasteiger partial charge is 0.425 e. The smallest absolute Gasteiger partial charge is 0.372 e. The molecule has 3 aromatic rings. The van der Waals surface area contributed by atoms with Crippen LogP contribution in [0.2, 0.25) is 0 Å². The number of hydrogen-bond acceptors (Lipinski definition) is 3. The molecule has 1 aliphatic carbocycles. The van der Waals surface area contributed by atoms with Crippen LogP contribution in [0.1, 0.15) is 42.4 Å². The highest BCUT2D eigenvalue weighted by atomic mass is 32.2. The van der Waals surface area contributed by atoms with E-state index < -0.39 is 37.7 Å². The van der Waals surface area contributed by atoms with Gasteiger partial charge in [0.25, 0.3) is 0 Å². The van der Waals surface area contributed by atoms with E-state index in [4.69, 9.17) is 0 Å². The van der Waals surface area contributed by atoms with Crippen LogP contribution in [0.5, 0.6) is 0 Å². The van der Waals surface area contributed by atoms with E-state index in [0.29, 0.717) is 31.2 Å². The van der Waals surface area contributed by atoms with E-state index >= 15 is 0 Å². The van der Waals surface area contributed by atoms with Crippen LogP contribution in [0.15, 0.2) is 83.8 Å². The molecule has 3 nitrogen and oxygen atoms in total. The monoisotopic (exact) mass is 478 g/mol. The van der Waals surface area contributed by atoms with Gasteiger partial charge in [0.05, 0.1) is 4.90 Å². The summed E-state index contributed by atoms with van der Waals surface area (Å²) < 4.78 is 81.2. The summed E-state index contributed by atoms with van der Waals surface area (Å²) in [5, 5.41) is 10.8. The molecule has 0 saturated heterocycles. The van der Waals surface area contributed by atoms with Gasteiger partial charge < -0.3 is 5.11 Å². The molecule has 0 aliphatic heterocycles. The van der Waals surface area contributed by atoms with E-state index in [-0.39, 0.29) is 10.5 Å². The highest BCUT2D eigenvalue weighted by molar-refractivity contribution is 7.92. The predicted molar refractivity (Wildman–Crippen MR) is 116 cm³/mol. The van der Waals surface area contributed by atoms with Crippen LogP contribution < -0.4 is 0 Å². The van der Waals surface area contributed by atoms with Crippen molar-refractivity contribution in [2.75, 3.05) is 0 Å². The first-order valence-electron chi connectivity index (χ1n) is 10.5. The summed E-state index contributed by atoms with van der Waals surface area (Å²) in [6.45, 7) is 0. The molecular weight excluding hydrogens is 456 g/mol. The van der Waals surface area contributed by atoms with Gasteiger partial charge in [0.1, 0.15) is 10.6 Å². The molecule has 0 radical (unpaired) electrons. The molecule has 1 aliphatic rings. The topological polar surface area (TPSA) is 54.4 Å². The minimum absolute atomic E-state index is 0.0361. The number of hydrogen-bond donors (Lipinski definition) is 1. The Labute approximate surface area is 189 Å². The third kappa shape index (κ3) is 3.75. The highest BCUT2D eigenvalue weighted by Gasteiger charge is 2.56. The summed E-state index contributed by atoms with van der Waals surface area (Å²) in [4.78, 5) is -0.0361. The number of rotatable bonds is 5. The molecule has 3 aromatic carbocycles. The fraction of sp³-hybridized carbons (Fsp3) is 0.280. The lowest BCUT2D eigenvalue weighted by molar-refractivity contribution is -0.248. The van der Waals surface area contributed by atoms with E-state index in [1.54, 1.807) is 6.07 Å². The number of sulfone groups is 1. The van der Waals surface area contributed by atoms with Crippen molar-refractivity contribution in [3.05, 3.63) is 101 Å². The highest BCUT2D eigenvalue weighted by Crippen LogP contribution is 2.50. The molecule has 1 unspecified atom stereocenters. The van der Waals surface area contributed by atoms with Crippen LogP contribution in [-0.2, 0) is 20.2 Å². The molecule has 1 atom stereocenters. The van der Waals surface area contributed by atoms with Crippen LogP contribution in [0.3, 0.4) is 0 Å². The van der Waals surface area contributed by atoms with Crippen molar-refractivity contribution < 1.29 is 31.1 Å². The second kappa shape index (κ2) is 8.25. The van der Waals surface area contributed by atoms with Crippen LogP contribution in [0, 0.1) is 5.82 Å². The van der Waals surface area contributed by atoms with Gasteiger partial charge in [-0.3, -0.25) is 0 Å². The van der Waals surface area contributed by atoms with Gasteiger partial charge in [0.15, 0.2) is 9.84 Å². The Kier molecular flexibility index (Phi) is 5.87. The second-order valence-electron chi connectivity index (χ2n) is 8.31. The van der Waals surface area contributed by atoms with E-state index in [2.05, 4.69) is 0 Å². The molecular formula is C25H22F4O3S. The van der Waals surface area contributed by atoms with Crippen molar-refractivity contribution in [1.82, 2.24) is 0 Å². The lowest BCUT2D eigenvalue weighted by Crippen LogP contribution is -2.43. The van der Waals surface area contributed by atoms with Gasteiger partial charge in [0.2, 0.25) is 5.60 Å². The molecule has 33 heavy (non-hydrogen) atoms. The van der Waals surface area contributed by atoms with Gasteiger partial charge in [-0.25, -0.2) is 12.8 Å². The zero-order valence-corrected chi connectivity index (χ0v) is 18.3. The first kappa shape index (κ1) is 23.4. The van der Waals surface area contributed by atoms with Crippen molar-refractivity contribution in [3.63, 3.8) is 0 Å². The Bertz CT molecular complexity index is 1220. The maximum absolute atomic E-state index is 14.0. The van der Waals surface area contributed by atoms with Crippen LogP contribution in [0.4, 0.5) is 17.6 Å². The van der Waals surface area contributed by atoms with E-state index in [1.165, 1.54) is 48.5 Å². The van der Waals surface area contributed by atoms with Crippen LogP contribution >= 0.6 is 0 Å². The summed E-state index contributed by atoms with van der Waals surface area (Å²) in [5.74, 6) is -0.564. The summed E-state index contributed by atoms with van der Waals surface area (Å²) in [5.41, 5.74) is -3.63. The summed E-state index contributed by atoms with van der Waals surface area (Å²) >= 11 is 0. The van der Waals surface area contributed by atoms with Crippen LogP contribution in [0.25, 0.3) is 0 Å². The van der Waals surface area contributed by atoms with Gasteiger partial charge in [-0.05, 0) is 53.8 Å². The standard InChI is InChI=1S/C25H22F4O3S/c26-21-12-14-22(15-13-21)33(31,32)23(16-4-5-17-23)18-8-10-20(11-9-18)24(30,25(27,28)29)19-6-2-1-3-7-19/h1-3,6-15,30H,4-5,16-17H2. The molecule has 0 spiro atoms. The number of benzene rings is 3. The van der Waals surface area contributed by atoms with Gasteiger partial charge in [0, 0.05) is 0 Å². The fourth-order valence-electron chi connectivity index (χ4n) is 4.69. The quantitative estimate of drug-likeness (QED) is 0.369. The van der Waals surface area contributed by atoms with Crippen LogP contribution in [-0.4, -0.2) is 19.7 Å². The van der Waals surface area contributed by atoms with Gasteiger partial charge in [-0.15, -0.1) is 0 Å². The molecule has 0 bridgehead atoms. The van der Waals surface area contributed by atoms with Gasteiger partial charge >= 0.3 is 6.18 Å². The Balaban J connectivity index is 1.81. The first-order chi connectivity index (χ1) is 15.5. The normalized spacial score (nSPS) is 18.1. The Morgan fingerprint density at radius 3 is 1.79 bits per heavy atom. The minimum atomic E-state index is -5.00. The maximum Gasteiger partial charge on any atom is 0.425 e. The zero-order valence-electron chi connectivity index (χ0n) is 17.5. The molecule has 1 fully saturated rings. The summed E-state index contributed by atoms with van der Waals surface area (Å²) in [6, 6.07) is 16.3. The molecule has 1 saturated carbocycles. The second-order valence-corrected chi connectivity index (χ2v) is 10.6. The van der Waals surface area contributed by atoms with Crippen molar-refractivity contribution in [1.29, 1.82) is 0 Å². The third-order valence-electron chi connectivity index (χ3n) is 6.48. The first-order valence-corrected chi connectivity index (χ1v) is 12.0. The Morgan fingerprint density at radius 2 is 1.27 bits per heavy atom. The number of aliphatic hydroxyl groups is 1. The minimum Gasteiger partial charge on any atom is -0.372 e. The third-order valence-corrected chi connectivity index (χ3v) is 9.05. The lowest BCUT2D eigenvalue weighted by atomic mass is 9.84. The number of alkyl halides is 3. The average molecular weight is 479 g/mol. The van der Waals surface area contributed by atoms with Crippen molar-refractivity contribution in [2.45, 2.75) is 47.1 Å². The van der Waals surface area contributed by atoms with Crippen molar-refractivity contribution in [3.8, 4) is 0 Å². The Morgan fingerprint density at radius 1 is 0.758 bits per heavy atom. The molecule has 174 valence electrons. The van der Waals surface area contributed by atoms with Crippen molar-refractivity contribution >= 4 is 9.84 Å². The van der Waals surface area contributed by atoms with E-state index in [9.17, 15) is 31.1 Å². The molecule has 8 heteroatoms. The number of halogens is 4. The predicted octanol–water partition coefficient (Wildman–Crippen LogP) is 5.87. The molecule has 4 rings (SSSR count). The van der Waals surface area contributed by atoms with Crippen molar-refractivity contribution in [2.24, 2.45) is 0 Å². The van der Waals surface area contributed by atoms with E-state index in [0.717, 1.165) is 24.3 Å². The fourth-order valence-corrected chi connectivity index (χ4v) is 6.90. The van der Waals surface area contributed by atoms with Gasteiger partial charge in [-0.2, -0.15) is 13.2 Å². The Hall–Kier alpha value is -2.71. The van der Waals surface area contributed by atoms with Gasteiger partial charge in [-0.1, -0.05) is 67.4 Å². The molecule has 1 N–H and O–H groups in total. The molecule has 0 amide bonds. The average Bonchev–Trinajstić information content (AvgIpc) is 3.31. The molecule has 0 heterocycles. The lowest BCUT2D eigenvalue weighted by Gasteiger charge is -2.33. The maximum atomic E-state index is 14.0. The molecule has 0 aromatic heterocycles. The summed E-state index contributed by atoms with van der Waals surface area (Å²) in [6.07, 6.45) is -3.12. The van der Waals surface area contributed by atoms with E-state index in [1.807, 2.05) is 0 Å². The summed E-state index contributed by atoms with van der Waals surface area (Å²) in [7, 11) is -3.95. The zero-order chi connectivity index (χ0) is 23.9. The SMILES string of the molecule is O=S(=O)(c1ccc(F)cc1)C1(c2ccc(C(O)(c3ccccc3)C(F)(F)F)cc2)CCCC1.